The van der Waals surface area contributed by atoms with E-state index < -0.39 is 74.5 Å². The molecular weight excluding hydrogens is 810 g/mol. The number of pyridine rings is 1. The van der Waals surface area contributed by atoms with Crippen LogP contribution in [-0.4, -0.2) is 90.7 Å². The zero-order valence-electron chi connectivity index (χ0n) is 34.0. The molecule has 1 saturated heterocycles. The number of hydrogen-bond acceptors (Lipinski definition) is 11. The number of nitrogens with zero attached hydrogens (tertiary/aromatic N) is 2. The SMILES string of the molecule is CCCc1cc(O[C@@H]2C[C@@H](C(=O)N[C@]3(C(=O)NS(=O)(=O)OC4(C)CC4)C[C@H]3CC)N(C(=O)[C@@H](NC(=O)OC(C)(C)C)C(C)(C)C)C2)c2ccc(OC)c(Br)c2n1. The molecule has 3 aliphatic rings. The van der Waals surface area contributed by atoms with Crippen LogP contribution in [0.2, 0.25) is 0 Å². The standard InChI is InChI=1S/C39H56BrN5O10S/c1-11-13-23-18-28(25-14-15-27(52-10)29(40)30(25)41-23)53-24-19-26(45(21-24)33(47)31(36(3,4)5)42-35(49)54-37(6,7)8)32(46)43-39(20-22(39)12-2)34(48)44-56(50,51)55-38(9)16-17-38/h14-15,18,22,24,26,31H,11-13,16-17,19-21H2,1-10H3,(H,42,49)(H,43,46)(H,44,48)/t22-,24-,26+,31-,39-/m1/s1. The Labute approximate surface area is 338 Å². The van der Waals surface area contributed by atoms with Gasteiger partial charge >= 0.3 is 16.4 Å². The topological polar surface area (TPSA) is 192 Å². The second-order valence-electron chi connectivity index (χ2n) is 17.5. The molecule has 2 aliphatic carbocycles. The van der Waals surface area contributed by atoms with E-state index in [2.05, 4.69) is 26.6 Å². The number of halogens is 1. The number of likely N-dealkylation sites (tertiary alicyclic amines) is 1. The summed E-state index contributed by atoms with van der Waals surface area (Å²) in [4.78, 5) is 62.1. The monoisotopic (exact) mass is 865 g/mol. The van der Waals surface area contributed by atoms with Crippen LogP contribution in [-0.2, 0) is 40.0 Å². The quantitative estimate of drug-likeness (QED) is 0.219. The van der Waals surface area contributed by atoms with Gasteiger partial charge in [0.15, 0.2) is 0 Å². The minimum Gasteiger partial charge on any atom is -0.495 e. The number of hydrogen-bond donors (Lipinski definition) is 3. The van der Waals surface area contributed by atoms with Gasteiger partial charge in [0.05, 0.1) is 29.2 Å². The van der Waals surface area contributed by atoms with Crippen molar-refractivity contribution < 1.29 is 46.0 Å². The van der Waals surface area contributed by atoms with Crippen molar-refractivity contribution >= 4 is 61.0 Å². The maximum Gasteiger partial charge on any atom is 0.408 e. The number of benzene rings is 1. The van der Waals surface area contributed by atoms with E-state index in [4.69, 9.17) is 23.4 Å². The molecular formula is C39H56BrN5O10S. The van der Waals surface area contributed by atoms with Crippen LogP contribution in [0.5, 0.6) is 11.5 Å². The molecule has 3 fully saturated rings. The number of nitrogens with one attached hydrogen (secondary N) is 3. The van der Waals surface area contributed by atoms with Gasteiger partial charge in [-0.05, 0) is 92.8 Å². The molecule has 1 aromatic carbocycles. The third-order valence-corrected chi connectivity index (χ3v) is 12.2. The molecule has 15 nitrogen and oxygen atoms in total. The summed E-state index contributed by atoms with van der Waals surface area (Å²) in [5.41, 5.74) is -2.67. The highest BCUT2D eigenvalue weighted by molar-refractivity contribution is 9.10. The lowest BCUT2D eigenvalue weighted by Crippen LogP contribution is -2.60. The van der Waals surface area contributed by atoms with E-state index >= 15 is 0 Å². The molecule has 5 atom stereocenters. The van der Waals surface area contributed by atoms with E-state index in [9.17, 15) is 27.6 Å². The molecule has 0 bridgehead atoms. The summed E-state index contributed by atoms with van der Waals surface area (Å²) in [6.07, 6.45) is 1.76. The van der Waals surface area contributed by atoms with E-state index in [0.717, 1.165) is 12.1 Å². The third kappa shape index (κ3) is 9.87. The van der Waals surface area contributed by atoms with Crippen LogP contribution in [0.15, 0.2) is 22.7 Å². The first-order chi connectivity index (χ1) is 25.9. The van der Waals surface area contributed by atoms with Crippen molar-refractivity contribution in [2.75, 3.05) is 13.7 Å². The lowest BCUT2D eigenvalue weighted by molar-refractivity contribution is -0.143. The predicted octanol–water partition coefficient (Wildman–Crippen LogP) is 5.46. The maximum absolute atomic E-state index is 14.6. The van der Waals surface area contributed by atoms with Crippen LogP contribution in [0.1, 0.15) is 107 Å². The van der Waals surface area contributed by atoms with Gasteiger partial charge in [-0.3, -0.25) is 19.4 Å². The minimum absolute atomic E-state index is 0.0272. The van der Waals surface area contributed by atoms with Gasteiger partial charge in [-0.25, -0.2) is 13.7 Å². The highest BCUT2D eigenvalue weighted by atomic mass is 79.9. The van der Waals surface area contributed by atoms with E-state index in [1.54, 1.807) is 61.6 Å². The Morgan fingerprint density at radius 1 is 1.07 bits per heavy atom. The van der Waals surface area contributed by atoms with Gasteiger partial charge in [0.2, 0.25) is 11.8 Å². The average Bonchev–Trinajstić information content (AvgIpc) is 3.94. The lowest BCUT2D eigenvalue weighted by atomic mass is 9.85. The van der Waals surface area contributed by atoms with Crippen molar-refractivity contribution in [1.29, 1.82) is 0 Å². The Morgan fingerprint density at radius 3 is 2.30 bits per heavy atom. The largest absolute Gasteiger partial charge is 0.495 e. The van der Waals surface area contributed by atoms with Gasteiger partial charge in [0, 0.05) is 23.6 Å². The van der Waals surface area contributed by atoms with E-state index in [0.29, 0.717) is 52.6 Å². The first-order valence-electron chi connectivity index (χ1n) is 19.2. The highest BCUT2D eigenvalue weighted by Gasteiger charge is 2.62. The lowest BCUT2D eigenvalue weighted by Gasteiger charge is -2.36. The van der Waals surface area contributed by atoms with Crippen molar-refractivity contribution in [2.45, 2.75) is 142 Å². The van der Waals surface area contributed by atoms with Crippen molar-refractivity contribution in [2.24, 2.45) is 11.3 Å². The number of rotatable bonds is 14. The van der Waals surface area contributed by atoms with Crippen molar-refractivity contribution in [3.63, 3.8) is 0 Å². The highest BCUT2D eigenvalue weighted by Crippen LogP contribution is 2.47. The molecule has 310 valence electrons. The predicted molar refractivity (Wildman–Crippen MR) is 212 cm³/mol. The van der Waals surface area contributed by atoms with Gasteiger partial charge in [-0.2, -0.15) is 8.42 Å². The van der Waals surface area contributed by atoms with Crippen LogP contribution >= 0.6 is 15.9 Å². The van der Waals surface area contributed by atoms with E-state index in [1.807, 2.05) is 30.7 Å². The van der Waals surface area contributed by atoms with Crippen LogP contribution in [0.4, 0.5) is 4.79 Å². The molecule has 56 heavy (non-hydrogen) atoms. The van der Waals surface area contributed by atoms with Gasteiger partial charge in [0.1, 0.15) is 40.8 Å². The number of aryl methyl sites for hydroxylation is 1. The number of carbonyl (C=O) groups is 4. The van der Waals surface area contributed by atoms with Gasteiger partial charge in [-0.1, -0.05) is 47.5 Å². The summed E-state index contributed by atoms with van der Waals surface area (Å²) in [6, 6.07) is 3.19. The zero-order chi connectivity index (χ0) is 41.6. The molecule has 5 rings (SSSR count). The fourth-order valence-corrected chi connectivity index (χ4v) is 8.80. The van der Waals surface area contributed by atoms with E-state index in [-0.39, 0.29) is 25.3 Å². The van der Waals surface area contributed by atoms with Crippen molar-refractivity contribution in [3.8, 4) is 11.5 Å². The number of ether oxygens (including phenoxy) is 3. The zero-order valence-corrected chi connectivity index (χ0v) is 36.4. The van der Waals surface area contributed by atoms with Crippen LogP contribution in [0, 0.1) is 11.3 Å². The summed E-state index contributed by atoms with van der Waals surface area (Å²) >= 11 is 3.62. The van der Waals surface area contributed by atoms with Crippen molar-refractivity contribution in [3.05, 3.63) is 28.4 Å². The molecule has 4 amide bonds. The molecule has 1 aliphatic heterocycles. The van der Waals surface area contributed by atoms with Gasteiger partial charge in [-0.15, -0.1) is 0 Å². The first-order valence-corrected chi connectivity index (χ1v) is 21.4. The Kier molecular flexibility index (Phi) is 12.3. The minimum atomic E-state index is -4.46. The van der Waals surface area contributed by atoms with Crippen LogP contribution < -0.4 is 24.8 Å². The molecule has 0 spiro atoms. The normalized spacial score (nSPS) is 23.6. The summed E-state index contributed by atoms with van der Waals surface area (Å²) in [6.45, 7) is 16.0. The number of aromatic nitrogens is 1. The molecule has 3 N–H and O–H groups in total. The maximum atomic E-state index is 14.6. The Hall–Kier alpha value is -3.70. The summed E-state index contributed by atoms with van der Waals surface area (Å²) in [5, 5.41) is 6.25. The fourth-order valence-electron chi connectivity index (χ4n) is 7.06. The van der Waals surface area contributed by atoms with Crippen LogP contribution in [0.25, 0.3) is 10.9 Å². The van der Waals surface area contributed by atoms with Crippen molar-refractivity contribution in [1.82, 2.24) is 25.2 Å². The number of alkyl carbamates (subject to hydrolysis) is 1. The Balaban J connectivity index is 1.48. The van der Waals surface area contributed by atoms with Gasteiger partial charge in [0.25, 0.3) is 5.91 Å². The number of carbonyl (C=O) groups excluding carboxylic acids is 4. The molecule has 1 aromatic heterocycles. The number of fused-ring (bicyclic) bond motifs is 1. The average molecular weight is 867 g/mol. The van der Waals surface area contributed by atoms with E-state index in [1.165, 1.54) is 4.90 Å². The van der Waals surface area contributed by atoms with Crippen LogP contribution in [0.3, 0.4) is 0 Å². The first kappa shape index (κ1) is 43.4. The Bertz CT molecular complexity index is 1980. The molecule has 17 heteroatoms. The second-order valence-corrected chi connectivity index (χ2v) is 19.5. The number of amides is 4. The molecule has 2 aromatic rings. The summed E-state index contributed by atoms with van der Waals surface area (Å²) in [7, 11) is -2.90. The number of methoxy groups -OCH3 is 1. The Morgan fingerprint density at radius 2 is 1.75 bits per heavy atom. The fraction of sp³-hybridized carbons (Fsp3) is 0.667. The second kappa shape index (κ2) is 15.9. The summed E-state index contributed by atoms with van der Waals surface area (Å²) < 4.78 is 51.2. The molecule has 2 heterocycles. The molecule has 0 radical (unpaired) electrons. The summed E-state index contributed by atoms with van der Waals surface area (Å²) in [5.74, 6) is -1.39. The molecule has 0 unspecified atom stereocenters. The third-order valence-electron chi connectivity index (χ3n) is 10.4. The van der Waals surface area contributed by atoms with Gasteiger partial charge < -0.3 is 29.7 Å². The smallest absolute Gasteiger partial charge is 0.408 e. The molecule has 2 saturated carbocycles.